The highest BCUT2D eigenvalue weighted by molar-refractivity contribution is 7.89. The van der Waals surface area contributed by atoms with E-state index in [4.69, 9.17) is 0 Å². The molecular formula is C19H33N2O2S+. The van der Waals surface area contributed by atoms with Crippen molar-refractivity contribution in [1.29, 1.82) is 0 Å². The molecule has 1 aromatic carbocycles. The third-order valence-electron chi connectivity index (χ3n) is 5.37. The van der Waals surface area contributed by atoms with Crippen molar-refractivity contribution >= 4 is 10.0 Å². The molecule has 0 bridgehead atoms. The van der Waals surface area contributed by atoms with Gasteiger partial charge in [0.1, 0.15) is 0 Å². The van der Waals surface area contributed by atoms with Crippen molar-refractivity contribution < 1.29 is 13.7 Å². The molecule has 0 atom stereocenters. The summed E-state index contributed by atoms with van der Waals surface area (Å²) in [5, 5.41) is 2.36. The Morgan fingerprint density at radius 1 is 0.958 bits per heavy atom. The molecule has 0 radical (unpaired) electrons. The quantitative estimate of drug-likeness (QED) is 0.877. The van der Waals surface area contributed by atoms with Gasteiger partial charge in [0, 0.05) is 18.9 Å². The van der Waals surface area contributed by atoms with Gasteiger partial charge < -0.3 is 5.32 Å². The maximum atomic E-state index is 13.0. The highest BCUT2D eigenvalue weighted by atomic mass is 32.2. The second-order valence-corrected chi connectivity index (χ2v) is 10.6. The molecule has 1 aliphatic rings. The molecule has 136 valence electrons. The van der Waals surface area contributed by atoms with Crippen LogP contribution in [-0.2, 0) is 10.0 Å². The Bertz CT molecular complexity index is 733. The minimum absolute atomic E-state index is 0.0308. The summed E-state index contributed by atoms with van der Waals surface area (Å²) in [7, 11) is -3.52. The van der Waals surface area contributed by atoms with Crippen LogP contribution in [0.15, 0.2) is 11.0 Å². The average molecular weight is 354 g/mol. The highest BCUT2D eigenvalue weighted by Crippen LogP contribution is 2.27. The van der Waals surface area contributed by atoms with Crippen LogP contribution in [0.2, 0.25) is 0 Å². The number of aryl methyl sites for hydroxylation is 1. The van der Waals surface area contributed by atoms with Gasteiger partial charge in [0.2, 0.25) is 10.0 Å². The first-order chi connectivity index (χ1) is 10.7. The Morgan fingerprint density at radius 2 is 1.46 bits per heavy atom. The number of benzene rings is 1. The molecule has 5 heteroatoms. The van der Waals surface area contributed by atoms with Crippen LogP contribution >= 0.6 is 0 Å². The Kier molecular flexibility index (Phi) is 4.95. The second kappa shape index (κ2) is 6.11. The third-order valence-corrected chi connectivity index (χ3v) is 7.02. The van der Waals surface area contributed by atoms with E-state index in [-0.39, 0.29) is 17.1 Å². The van der Waals surface area contributed by atoms with E-state index >= 15 is 0 Å². The normalized spacial score (nSPS) is 21.0. The molecule has 1 fully saturated rings. The van der Waals surface area contributed by atoms with Gasteiger partial charge in [-0.3, -0.25) is 0 Å². The van der Waals surface area contributed by atoms with Crippen LogP contribution in [0.25, 0.3) is 0 Å². The van der Waals surface area contributed by atoms with E-state index in [2.05, 4.69) is 37.7 Å². The van der Waals surface area contributed by atoms with Crippen molar-refractivity contribution in [2.75, 3.05) is 0 Å². The summed E-state index contributed by atoms with van der Waals surface area (Å²) < 4.78 is 29.1. The molecule has 0 unspecified atom stereocenters. The number of nitrogens with two attached hydrogens (primary N) is 1. The van der Waals surface area contributed by atoms with Crippen LogP contribution in [0.3, 0.4) is 0 Å². The van der Waals surface area contributed by atoms with Crippen molar-refractivity contribution in [3.8, 4) is 0 Å². The second-order valence-electron chi connectivity index (χ2n) is 8.91. The molecule has 1 saturated heterocycles. The maximum absolute atomic E-state index is 13.0. The predicted octanol–water partition coefficient (Wildman–Crippen LogP) is 2.48. The summed E-state index contributed by atoms with van der Waals surface area (Å²) in [6.45, 7) is 16.6. The molecule has 0 spiro atoms. The van der Waals surface area contributed by atoms with Gasteiger partial charge in [0.05, 0.1) is 16.0 Å². The van der Waals surface area contributed by atoms with Crippen molar-refractivity contribution in [2.24, 2.45) is 0 Å². The monoisotopic (exact) mass is 353 g/mol. The summed E-state index contributed by atoms with van der Waals surface area (Å²) in [5.41, 5.74) is 4.17. The van der Waals surface area contributed by atoms with Gasteiger partial charge in [-0.25, -0.2) is 13.1 Å². The zero-order valence-electron chi connectivity index (χ0n) is 16.4. The number of quaternary nitrogens is 1. The molecule has 3 N–H and O–H groups in total. The zero-order valence-corrected chi connectivity index (χ0v) is 17.2. The van der Waals surface area contributed by atoms with Gasteiger partial charge in [-0.05, 0) is 83.7 Å². The van der Waals surface area contributed by atoms with Crippen molar-refractivity contribution in [3.05, 3.63) is 28.3 Å². The van der Waals surface area contributed by atoms with Gasteiger partial charge >= 0.3 is 0 Å². The van der Waals surface area contributed by atoms with Crippen LogP contribution < -0.4 is 10.0 Å². The molecule has 1 heterocycles. The SMILES string of the molecule is Cc1cc(S(=O)(=O)NC2CC(C)(C)[NH2+]C(C)(C)C2)c(C)c(C)c1C. The van der Waals surface area contributed by atoms with E-state index < -0.39 is 10.0 Å². The fourth-order valence-corrected chi connectivity index (χ4v) is 5.96. The van der Waals surface area contributed by atoms with E-state index in [0.717, 1.165) is 29.5 Å². The highest BCUT2D eigenvalue weighted by Gasteiger charge is 2.43. The molecule has 0 amide bonds. The molecule has 4 nitrogen and oxygen atoms in total. The van der Waals surface area contributed by atoms with Crippen LogP contribution in [0.4, 0.5) is 0 Å². The largest absolute Gasteiger partial charge is 0.337 e. The van der Waals surface area contributed by atoms with Crippen LogP contribution in [-0.4, -0.2) is 25.5 Å². The number of piperidine rings is 1. The number of hydrogen-bond acceptors (Lipinski definition) is 2. The molecule has 1 aromatic rings. The Morgan fingerprint density at radius 3 is 1.96 bits per heavy atom. The van der Waals surface area contributed by atoms with Crippen LogP contribution in [0.5, 0.6) is 0 Å². The van der Waals surface area contributed by atoms with Crippen molar-refractivity contribution in [2.45, 2.75) is 90.2 Å². The Labute approximate surface area is 147 Å². The third kappa shape index (κ3) is 4.01. The predicted molar refractivity (Wildman–Crippen MR) is 98.8 cm³/mol. The Balaban J connectivity index is 2.36. The zero-order chi connectivity index (χ0) is 18.5. The fraction of sp³-hybridized carbons (Fsp3) is 0.684. The number of nitrogens with one attached hydrogen (secondary N) is 1. The summed E-state index contributed by atoms with van der Waals surface area (Å²) in [6, 6.07) is 1.77. The van der Waals surface area contributed by atoms with E-state index in [0.29, 0.717) is 4.90 Å². The molecule has 1 aliphatic heterocycles. The molecule has 2 rings (SSSR count). The minimum Gasteiger partial charge on any atom is -0.337 e. The van der Waals surface area contributed by atoms with Gasteiger partial charge in [-0.2, -0.15) is 0 Å². The average Bonchev–Trinajstić information content (AvgIpc) is 2.35. The first kappa shape index (κ1) is 19.4. The van der Waals surface area contributed by atoms with Gasteiger partial charge in [-0.1, -0.05) is 0 Å². The van der Waals surface area contributed by atoms with E-state index in [1.165, 1.54) is 5.56 Å². The number of hydrogen-bond donors (Lipinski definition) is 2. The molecule has 24 heavy (non-hydrogen) atoms. The molecule has 0 saturated carbocycles. The lowest BCUT2D eigenvalue weighted by Gasteiger charge is -2.43. The van der Waals surface area contributed by atoms with E-state index in [9.17, 15) is 8.42 Å². The van der Waals surface area contributed by atoms with E-state index in [1.807, 2.05) is 33.8 Å². The number of rotatable bonds is 3. The fourth-order valence-electron chi connectivity index (χ4n) is 4.34. The molecular weight excluding hydrogens is 320 g/mol. The lowest BCUT2D eigenvalue weighted by Crippen LogP contribution is -3.06. The summed E-state index contributed by atoms with van der Waals surface area (Å²) >= 11 is 0. The molecule has 0 aromatic heterocycles. The minimum atomic E-state index is -3.52. The van der Waals surface area contributed by atoms with E-state index in [1.54, 1.807) is 0 Å². The Hall–Kier alpha value is -0.910. The van der Waals surface area contributed by atoms with Gasteiger partial charge in [0.25, 0.3) is 0 Å². The standard InChI is InChI=1S/C19H32N2O2S/c1-12-9-17(15(4)14(3)13(12)2)24(22,23)20-16-10-18(5,6)21-19(7,8)11-16/h9,16,20-21H,10-11H2,1-8H3/p+1. The lowest BCUT2D eigenvalue weighted by molar-refractivity contribution is -0.787. The lowest BCUT2D eigenvalue weighted by atomic mass is 9.80. The topological polar surface area (TPSA) is 62.8 Å². The number of sulfonamides is 1. The summed E-state index contributed by atoms with van der Waals surface area (Å²) in [4.78, 5) is 0.424. The summed E-state index contributed by atoms with van der Waals surface area (Å²) in [5.74, 6) is 0. The van der Waals surface area contributed by atoms with Gasteiger partial charge in [0.15, 0.2) is 0 Å². The molecule has 0 aliphatic carbocycles. The summed E-state index contributed by atoms with van der Waals surface area (Å²) in [6.07, 6.45) is 1.66. The first-order valence-electron chi connectivity index (χ1n) is 8.71. The van der Waals surface area contributed by atoms with Crippen LogP contribution in [0, 0.1) is 27.7 Å². The van der Waals surface area contributed by atoms with Crippen molar-refractivity contribution in [1.82, 2.24) is 4.72 Å². The smallest absolute Gasteiger partial charge is 0.241 e. The van der Waals surface area contributed by atoms with Crippen LogP contribution in [0.1, 0.15) is 62.8 Å². The maximum Gasteiger partial charge on any atom is 0.241 e. The first-order valence-corrected chi connectivity index (χ1v) is 10.2. The van der Waals surface area contributed by atoms with Gasteiger partial charge in [-0.15, -0.1) is 0 Å². The van der Waals surface area contributed by atoms with Crippen molar-refractivity contribution in [3.63, 3.8) is 0 Å².